The van der Waals surface area contributed by atoms with Gasteiger partial charge < -0.3 is 4.74 Å². The van der Waals surface area contributed by atoms with Crippen LogP contribution in [0.2, 0.25) is 0 Å². The molecule has 82 valence electrons. The second-order valence-electron chi connectivity index (χ2n) is 4.63. The molecule has 0 aliphatic heterocycles. The molecule has 0 aromatic rings. The highest BCUT2D eigenvalue weighted by atomic mass is 16.5. The lowest BCUT2D eigenvalue weighted by molar-refractivity contribution is -0.150. The predicted octanol–water partition coefficient (Wildman–Crippen LogP) is 3.01. The van der Waals surface area contributed by atoms with Crippen LogP contribution < -0.4 is 0 Å². The van der Waals surface area contributed by atoms with E-state index in [4.69, 9.17) is 4.74 Å². The first kappa shape index (κ1) is 11.5. The Morgan fingerprint density at radius 2 is 2.00 bits per heavy atom. The monoisotopic (exact) mass is 198 g/mol. The van der Waals surface area contributed by atoms with Crippen LogP contribution in [0.1, 0.15) is 46.5 Å². The van der Waals surface area contributed by atoms with Gasteiger partial charge in [-0.05, 0) is 37.5 Å². The molecule has 0 heterocycles. The van der Waals surface area contributed by atoms with Gasteiger partial charge in [0.2, 0.25) is 0 Å². The number of carbonyl (C=O) groups is 1. The van der Waals surface area contributed by atoms with E-state index in [0.717, 1.165) is 25.2 Å². The zero-order chi connectivity index (χ0) is 10.6. The molecule has 14 heavy (non-hydrogen) atoms. The smallest absolute Gasteiger partial charge is 0.308 e. The third-order valence-corrected chi connectivity index (χ3v) is 3.38. The number of hydrogen-bond acceptors (Lipinski definition) is 2. The van der Waals surface area contributed by atoms with Crippen molar-refractivity contribution in [2.45, 2.75) is 46.5 Å². The summed E-state index contributed by atoms with van der Waals surface area (Å²) in [5, 5.41) is 0. The van der Waals surface area contributed by atoms with Crippen LogP contribution in [-0.2, 0) is 9.53 Å². The summed E-state index contributed by atoms with van der Waals surface area (Å²) in [5.74, 6) is 1.64. The first-order valence-electron chi connectivity index (χ1n) is 5.81. The summed E-state index contributed by atoms with van der Waals surface area (Å²) in [7, 11) is 0. The van der Waals surface area contributed by atoms with E-state index in [1.165, 1.54) is 6.42 Å². The van der Waals surface area contributed by atoms with Crippen molar-refractivity contribution in [2.75, 3.05) is 6.61 Å². The van der Waals surface area contributed by atoms with E-state index >= 15 is 0 Å². The number of esters is 1. The molecule has 0 radical (unpaired) electrons. The van der Waals surface area contributed by atoms with E-state index in [9.17, 15) is 4.79 Å². The van der Waals surface area contributed by atoms with Gasteiger partial charge in [0.25, 0.3) is 0 Å². The zero-order valence-corrected chi connectivity index (χ0v) is 9.58. The van der Waals surface area contributed by atoms with Gasteiger partial charge in [0.1, 0.15) is 0 Å². The third kappa shape index (κ3) is 3.00. The van der Waals surface area contributed by atoms with E-state index in [0.29, 0.717) is 12.5 Å². The summed E-state index contributed by atoms with van der Waals surface area (Å²) in [4.78, 5) is 11.6. The van der Waals surface area contributed by atoms with Gasteiger partial charge in [-0.3, -0.25) is 4.79 Å². The maximum atomic E-state index is 11.6. The van der Waals surface area contributed by atoms with Crippen LogP contribution in [0.3, 0.4) is 0 Å². The number of ether oxygens (including phenoxy) is 1. The number of hydrogen-bond donors (Lipinski definition) is 0. The highest BCUT2D eigenvalue weighted by Gasteiger charge is 2.29. The molecule has 2 nitrogen and oxygen atoms in total. The van der Waals surface area contributed by atoms with E-state index < -0.39 is 0 Å². The predicted molar refractivity (Wildman–Crippen MR) is 56.9 cm³/mol. The Balaban J connectivity index is 2.34. The normalized spacial score (nSPS) is 32.6. The Morgan fingerprint density at radius 3 is 2.57 bits per heavy atom. The minimum Gasteiger partial charge on any atom is -0.465 e. The summed E-state index contributed by atoms with van der Waals surface area (Å²) < 4.78 is 5.18. The summed E-state index contributed by atoms with van der Waals surface area (Å²) >= 11 is 0. The Labute approximate surface area is 87.0 Å². The first-order valence-corrected chi connectivity index (χ1v) is 5.81. The van der Waals surface area contributed by atoms with Crippen molar-refractivity contribution in [3.63, 3.8) is 0 Å². The van der Waals surface area contributed by atoms with E-state index in [1.54, 1.807) is 0 Å². The summed E-state index contributed by atoms with van der Waals surface area (Å²) in [6, 6.07) is 0. The lowest BCUT2D eigenvalue weighted by Gasteiger charge is -2.30. The molecular weight excluding hydrogens is 176 g/mol. The van der Waals surface area contributed by atoms with Crippen molar-refractivity contribution in [3.05, 3.63) is 0 Å². The van der Waals surface area contributed by atoms with E-state index in [-0.39, 0.29) is 11.9 Å². The molecule has 1 aliphatic rings. The lowest BCUT2D eigenvalue weighted by Crippen LogP contribution is -2.27. The number of carbonyl (C=O) groups excluding carboxylic acids is 1. The molecule has 0 N–H and O–H groups in total. The van der Waals surface area contributed by atoms with Gasteiger partial charge in [0.05, 0.1) is 12.5 Å². The van der Waals surface area contributed by atoms with Gasteiger partial charge in [0, 0.05) is 0 Å². The lowest BCUT2D eigenvalue weighted by atomic mass is 9.76. The Hall–Kier alpha value is -0.530. The largest absolute Gasteiger partial charge is 0.465 e. The second kappa shape index (κ2) is 5.38. The molecule has 0 saturated heterocycles. The molecule has 0 spiro atoms. The maximum Gasteiger partial charge on any atom is 0.308 e. The van der Waals surface area contributed by atoms with Crippen LogP contribution in [0.4, 0.5) is 0 Å². The van der Waals surface area contributed by atoms with Crippen LogP contribution in [0, 0.1) is 17.8 Å². The van der Waals surface area contributed by atoms with Gasteiger partial charge in [-0.1, -0.05) is 20.8 Å². The SMILES string of the molecule is CCCOC(=O)[C@@H]1CCC(C)[C@@H](C)C1. The third-order valence-electron chi connectivity index (χ3n) is 3.38. The molecule has 0 bridgehead atoms. The van der Waals surface area contributed by atoms with Crippen molar-refractivity contribution in [3.8, 4) is 0 Å². The quantitative estimate of drug-likeness (QED) is 0.652. The van der Waals surface area contributed by atoms with Crippen LogP contribution in [0.15, 0.2) is 0 Å². The van der Waals surface area contributed by atoms with Gasteiger partial charge in [0.15, 0.2) is 0 Å². The van der Waals surface area contributed by atoms with Crippen molar-refractivity contribution in [1.29, 1.82) is 0 Å². The van der Waals surface area contributed by atoms with Gasteiger partial charge in [-0.25, -0.2) is 0 Å². The summed E-state index contributed by atoms with van der Waals surface area (Å²) in [6.45, 7) is 7.13. The molecular formula is C12H22O2. The Morgan fingerprint density at radius 1 is 1.29 bits per heavy atom. The second-order valence-corrected chi connectivity index (χ2v) is 4.63. The molecule has 1 fully saturated rings. The standard InChI is InChI=1S/C12H22O2/c1-4-7-14-12(13)11-6-5-9(2)10(3)8-11/h9-11H,4-8H2,1-3H3/t9?,10-,11+/m0/s1. The highest BCUT2D eigenvalue weighted by Crippen LogP contribution is 2.33. The van der Waals surface area contributed by atoms with Crippen LogP contribution in [-0.4, -0.2) is 12.6 Å². The van der Waals surface area contributed by atoms with Crippen LogP contribution >= 0.6 is 0 Å². The average Bonchev–Trinajstić information content (AvgIpc) is 2.18. The van der Waals surface area contributed by atoms with Crippen molar-refractivity contribution in [2.24, 2.45) is 17.8 Å². The minimum atomic E-state index is 0.0330. The molecule has 1 saturated carbocycles. The molecule has 1 aliphatic carbocycles. The summed E-state index contributed by atoms with van der Waals surface area (Å²) in [5.41, 5.74) is 0. The van der Waals surface area contributed by atoms with Crippen molar-refractivity contribution in [1.82, 2.24) is 0 Å². The number of rotatable bonds is 3. The zero-order valence-electron chi connectivity index (χ0n) is 9.58. The van der Waals surface area contributed by atoms with Crippen LogP contribution in [0.25, 0.3) is 0 Å². The fourth-order valence-corrected chi connectivity index (χ4v) is 2.08. The molecule has 2 heteroatoms. The molecule has 1 rings (SSSR count). The average molecular weight is 198 g/mol. The molecule has 0 aromatic heterocycles. The van der Waals surface area contributed by atoms with Gasteiger partial charge in [-0.2, -0.15) is 0 Å². The van der Waals surface area contributed by atoms with Gasteiger partial charge in [-0.15, -0.1) is 0 Å². The molecule has 3 atom stereocenters. The molecule has 0 aromatic carbocycles. The topological polar surface area (TPSA) is 26.3 Å². The summed E-state index contributed by atoms with van der Waals surface area (Å²) in [6.07, 6.45) is 4.13. The van der Waals surface area contributed by atoms with Crippen molar-refractivity contribution >= 4 is 5.97 Å². The van der Waals surface area contributed by atoms with E-state index in [2.05, 4.69) is 13.8 Å². The molecule has 0 amide bonds. The minimum absolute atomic E-state index is 0.0330. The van der Waals surface area contributed by atoms with Gasteiger partial charge >= 0.3 is 5.97 Å². The van der Waals surface area contributed by atoms with E-state index in [1.807, 2.05) is 6.92 Å². The fourth-order valence-electron chi connectivity index (χ4n) is 2.08. The Bertz CT molecular complexity index is 189. The highest BCUT2D eigenvalue weighted by molar-refractivity contribution is 5.72. The fraction of sp³-hybridized carbons (Fsp3) is 0.917. The van der Waals surface area contributed by atoms with Crippen LogP contribution in [0.5, 0.6) is 0 Å². The first-order chi connectivity index (χ1) is 6.65. The molecule has 1 unspecified atom stereocenters. The Kier molecular flexibility index (Phi) is 4.43. The van der Waals surface area contributed by atoms with Crippen molar-refractivity contribution < 1.29 is 9.53 Å². The maximum absolute atomic E-state index is 11.6.